The number of amides is 1. The van der Waals surface area contributed by atoms with Gasteiger partial charge in [0.25, 0.3) is 0 Å². The average molecular weight is 309 g/mol. The molecule has 122 valence electrons. The minimum absolute atomic E-state index is 0.135. The molecular weight excluding hydrogens is 286 g/mol. The minimum Gasteiger partial charge on any atom is -0.461 e. The Bertz CT molecular complexity index is 547. The molecule has 7 heteroatoms. The first kappa shape index (κ1) is 16.5. The lowest BCUT2D eigenvalue weighted by molar-refractivity contribution is -0.115. The summed E-state index contributed by atoms with van der Waals surface area (Å²) in [7, 11) is 0. The number of hydrogen-bond acceptors (Lipinski definition) is 5. The maximum Gasteiger partial charge on any atom is 0.361 e. The zero-order valence-corrected chi connectivity index (χ0v) is 13.3. The maximum absolute atomic E-state index is 12.1. The van der Waals surface area contributed by atoms with E-state index in [1.165, 1.54) is 0 Å². The van der Waals surface area contributed by atoms with Crippen molar-refractivity contribution in [3.05, 3.63) is 11.4 Å². The number of aromatic nitrogens is 2. The van der Waals surface area contributed by atoms with Gasteiger partial charge in [-0.15, -0.1) is 0 Å². The fourth-order valence-electron chi connectivity index (χ4n) is 2.44. The Morgan fingerprint density at radius 1 is 1.41 bits per heavy atom. The van der Waals surface area contributed by atoms with E-state index in [9.17, 15) is 9.59 Å². The first-order valence-corrected chi connectivity index (χ1v) is 7.76. The highest BCUT2D eigenvalue weighted by molar-refractivity contribution is 6.00. The van der Waals surface area contributed by atoms with Gasteiger partial charge in [-0.2, -0.15) is 5.10 Å². The van der Waals surface area contributed by atoms with Crippen molar-refractivity contribution < 1.29 is 19.1 Å². The molecule has 1 atom stereocenters. The van der Waals surface area contributed by atoms with E-state index in [-0.39, 0.29) is 24.4 Å². The maximum atomic E-state index is 12.1. The van der Waals surface area contributed by atoms with Gasteiger partial charge in [0, 0.05) is 13.0 Å². The van der Waals surface area contributed by atoms with Crippen molar-refractivity contribution in [1.82, 2.24) is 9.78 Å². The van der Waals surface area contributed by atoms with Crippen molar-refractivity contribution >= 4 is 17.6 Å². The standard InChI is InChI=1S/C15H23N3O4/c1-4-11(19)16-13-10(3)18(12-8-6-7-9-22-12)17-14(13)15(20)21-5-2/h12H,4-9H2,1-3H3,(H,16,19). The summed E-state index contributed by atoms with van der Waals surface area (Å²) in [5.41, 5.74) is 1.26. The van der Waals surface area contributed by atoms with Crippen molar-refractivity contribution in [3.8, 4) is 0 Å². The van der Waals surface area contributed by atoms with Crippen LogP contribution in [0.15, 0.2) is 0 Å². The summed E-state index contributed by atoms with van der Waals surface area (Å²) in [6.45, 7) is 6.24. The molecule has 1 saturated heterocycles. The molecule has 2 rings (SSSR count). The minimum atomic E-state index is -0.536. The predicted octanol–water partition coefficient (Wildman–Crippen LogP) is 2.42. The number of ether oxygens (including phenoxy) is 2. The molecule has 1 aromatic rings. The van der Waals surface area contributed by atoms with Gasteiger partial charge in [0.15, 0.2) is 11.9 Å². The highest BCUT2D eigenvalue weighted by Crippen LogP contribution is 2.29. The molecule has 1 unspecified atom stereocenters. The molecule has 1 aromatic heterocycles. The molecule has 0 spiro atoms. The van der Waals surface area contributed by atoms with Gasteiger partial charge in [-0.05, 0) is 33.1 Å². The second-order valence-corrected chi connectivity index (χ2v) is 5.20. The third-order valence-corrected chi connectivity index (χ3v) is 3.63. The molecule has 0 radical (unpaired) electrons. The lowest BCUT2D eigenvalue weighted by atomic mass is 10.2. The predicted molar refractivity (Wildman–Crippen MR) is 80.7 cm³/mol. The number of hydrogen-bond donors (Lipinski definition) is 1. The van der Waals surface area contributed by atoms with E-state index >= 15 is 0 Å². The van der Waals surface area contributed by atoms with Gasteiger partial charge >= 0.3 is 5.97 Å². The molecular formula is C15H23N3O4. The molecule has 1 N–H and O–H groups in total. The fraction of sp³-hybridized carbons (Fsp3) is 0.667. The molecule has 2 heterocycles. The molecule has 0 saturated carbocycles. The van der Waals surface area contributed by atoms with E-state index in [2.05, 4.69) is 10.4 Å². The van der Waals surface area contributed by atoms with E-state index in [4.69, 9.17) is 9.47 Å². The molecule has 0 aliphatic carbocycles. The van der Waals surface area contributed by atoms with Crippen molar-refractivity contribution in [2.75, 3.05) is 18.5 Å². The Hall–Kier alpha value is -1.89. The van der Waals surface area contributed by atoms with Crippen LogP contribution < -0.4 is 5.32 Å². The van der Waals surface area contributed by atoms with Crippen LogP contribution in [0.2, 0.25) is 0 Å². The van der Waals surface area contributed by atoms with E-state index in [0.29, 0.717) is 24.4 Å². The third-order valence-electron chi connectivity index (χ3n) is 3.63. The third kappa shape index (κ3) is 3.47. The molecule has 0 aromatic carbocycles. The zero-order valence-electron chi connectivity index (χ0n) is 13.3. The fourth-order valence-corrected chi connectivity index (χ4v) is 2.44. The molecule has 1 amide bonds. The SMILES string of the molecule is CCOC(=O)c1nn(C2CCCCO2)c(C)c1NC(=O)CC. The number of rotatable bonds is 5. The Labute approximate surface area is 130 Å². The van der Waals surface area contributed by atoms with Gasteiger partial charge < -0.3 is 14.8 Å². The van der Waals surface area contributed by atoms with Crippen LogP contribution in [0.1, 0.15) is 61.9 Å². The number of carbonyl (C=O) groups excluding carboxylic acids is 2. The lowest BCUT2D eigenvalue weighted by Gasteiger charge is -2.23. The summed E-state index contributed by atoms with van der Waals surface area (Å²) in [4.78, 5) is 23.8. The van der Waals surface area contributed by atoms with Crippen LogP contribution in [-0.4, -0.2) is 34.9 Å². The normalized spacial score (nSPS) is 18.0. The largest absolute Gasteiger partial charge is 0.461 e. The quantitative estimate of drug-likeness (QED) is 0.845. The van der Waals surface area contributed by atoms with E-state index in [0.717, 1.165) is 19.3 Å². The van der Waals surface area contributed by atoms with Gasteiger partial charge in [-0.1, -0.05) is 6.92 Å². The highest BCUT2D eigenvalue weighted by atomic mass is 16.5. The molecule has 1 aliphatic rings. The summed E-state index contributed by atoms with van der Waals surface area (Å²) in [5, 5.41) is 7.09. The van der Waals surface area contributed by atoms with Crippen LogP contribution in [0.4, 0.5) is 5.69 Å². The van der Waals surface area contributed by atoms with Gasteiger partial charge in [0.1, 0.15) is 0 Å². The summed E-state index contributed by atoms with van der Waals surface area (Å²) in [6.07, 6.45) is 3.05. The van der Waals surface area contributed by atoms with E-state index in [1.54, 1.807) is 18.5 Å². The van der Waals surface area contributed by atoms with Crippen molar-refractivity contribution in [1.29, 1.82) is 0 Å². The van der Waals surface area contributed by atoms with Gasteiger partial charge in [-0.3, -0.25) is 4.79 Å². The van der Waals surface area contributed by atoms with Crippen LogP contribution in [-0.2, 0) is 14.3 Å². The average Bonchev–Trinajstić information content (AvgIpc) is 2.85. The second-order valence-electron chi connectivity index (χ2n) is 5.20. The summed E-state index contributed by atoms with van der Waals surface area (Å²) >= 11 is 0. The van der Waals surface area contributed by atoms with Crippen LogP contribution in [0.3, 0.4) is 0 Å². The van der Waals surface area contributed by atoms with Crippen molar-refractivity contribution in [3.63, 3.8) is 0 Å². The first-order chi connectivity index (χ1) is 10.6. The Balaban J connectivity index is 2.36. The Kier molecular flexibility index (Phi) is 5.54. The monoisotopic (exact) mass is 309 g/mol. The van der Waals surface area contributed by atoms with Crippen LogP contribution in [0.25, 0.3) is 0 Å². The number of anilines is 1. The van der Waals surface area contributed by atoms with Gasteiger partial charge in [-0.25, -0.2) is 9.48 Å². The van der Waals surface area contributed by atoms with E-state index in [1.807, 2.05) is 6.92 Å². The van der Waals surface area contributed by atoms with Crippen molar-refractivity contribution in [2.45, 2.75) is 52.7 Å². The topological polar surface area (TPSA) is 82.4 Å². The van der Waals surface area contributed by atoms with Crippen LogP contribution >= 0.6 is 0 Å². The summed E-state index contributed by atoms with van der Waals surface area (Å²) < 4.78 is 12.4. The second kappa shape index (κ2) is 7.40. The molecule has 1 fully saturated rings. The number of carbonyl (C=O) groups is 2. The molecule has 22 heavy (non-hydrogen) atoms. The van der Waals surface area contributed by atoms with Crippen LogP contribution in [0, 0.1) is 6.92 Å². The summed E-state index contributed by atoms with van der Waals surface area (Å²) in [5.74, 6) is -0.704. The first-order valence-electron chi connectivity index (χ1n) is 7.76. The van der Waals surface area contributed by atoms with Gasteiger partial charge in [0.05, 0.1) is 18.0 Å². The molecule has 7 nitrogen and oxygen atoms in total. The molecule has 1 aliphatic heterocycles. The summed E-state index contributed by atoms with van der Waals surface area (Å²) in [6, 6.07) is 0. The van der Waals surface area contributed by atoms with Gasteiger partial charge in [0.2, 0.25) is 5.91 Å². The lowest BCUT2D eigenvalue weighted by Crippen LogP contribution is -2.20. The van der Waals surface area contributed by atoms with E-state index < -0.39 is 5.97 Å². The Morgan fingerprint density at radius 3 is 2.77 bits per heavy atom. The number of nitrogens with zero attached hydrogens (tertiary/aromatic N) is 2. The molecule has 0 bridgehead atoms. The number of nitrogens with one attached hydrogen (secondary N) is 1. The smallest absolute Gasteiger partial charge is 0.361 e. The zero-order chi connectivity index (χ0) is 16.1. The highest BCUT2D eigenvalue weighted by Gasteiger charge is 2.27. The van der Waals surface area contributed by atoms with Crippen molar-refractivity contribution in [2.24, 2.45) is 0 Å². The Morgan fingerprint density at radius 2 is 2.18 bits per heavy atom. The van der Waals surface area contributed by atoms with Crippen LogP contribution in [0.5, 0.6) is 0 Å². The number of esters is 1.